The monoisotopic (exact) mass is 353 g/mol. The normalized spacial score (nSPS) is 21.2. The van der Waals surface area contributed by atoms with E-state index in [0.29, 0.717) is 23.6 Å². The lowest BCUT2D eigenvalue weighted by atomic mass is 9.85. The van der Waals surface area contributed by atoms with Crippen molar-refractivity contribution in [3.8, 4) is 0 Å². The van der Waals surface area contributed by atoms with E-state index in [0.717, 1.165) is 11.0 Å². The highest BCUT2D eigenvalue weighted by molar-refractivity contribution is 9.10. The molecule has 0 saturated heterocycles. The maximum atomic E-state index is 12.6. The topological polar surface area (TPSA) is 46.9 Å². The van der Waals surface area contributed by atoms with Gasteiger partial charge in [-0.1, -0.05) is 19.3 Å². The molecule has 1 unspecified atom stereocenters. The summed E-state index contributed by atoms with van der Waals surface area (Å²) in [6.07, 6.45) is 10.7. The van der Waals surface area contributed by atoms with Gasteiger partial charge in [0.05, 0.1) is 10.7 Å². The van der Waals surface area contributed by atoms with E-state index in [1.54, 1.807) is 10.9 Å². The number of halogens is 1. The lowest BCUT2D eigenvalue weighted by molar-refractivity contribution is 0.261. The number of hydrogen-bond donors (Lipinski definition) is 1. The molecule has 2 fully saturated rings. The van der Waals surface area contributed by atoms with Crippen LogP contribution in [0.2, 0.25) is 0 Å². The van der Waals surface area contributed by atoms with Gasteiger partial charge in [-0.15, -0.1) is 0 Å². The minimum Gasteiger partial charge on any atom is -0.377 e. The van der Waals surface area contributed by atoms with Gasteiger partial charge in [0.1, 0.15) is 5.69 Å². The van der Waals surface area contributed by atoms with E-state index >= 15 is 0 Å². The van der Waals surface area contributed by atoms with Gasteiger partial charge >= 0.3 is 0 Å². The third kappa shape index (κ3) is 3.33. The first kappa shape index (κ1) is 15.1. The molecule has 2 aliphatic rings. The van der Waals surface area contributed by atoms with Crippen molar-refractivity contribution in [2.45, 2.75) is 64.5 Å². The van der Waals surface area contributed by atoms with Crippen LogP contribution in [0.1, 0.15) is 51.9 Å². The molecular weight excluding hydrogens is 330 g/mol. The maximum absolute atomic E-state index is 12.6. The third-order valence-electron chi connectivity index (χ3n) is 5.13. The molecule has 0 aliphatic heterocycles. The van der Waals surface area contributed by atoms with E-state index in [1.165, 1.54) is 44.9 Å². The smallest absolute Gasteiger partial charge is 0.291 e. The molecule has 2 aliphatic carbocycles. The minimum absolute atomic E-state index is 0.0149. The van der Waals surface area contributed by atoms with Crippen LogP contribution in [-0.2, 0) is 6.54 Å². The highest BCUT2D eigenvalue weighted by Crippen LogP contribution is 2.30. The molecule has 0 spiro atoms. The number of rotatable bonds is 5. The molecule has 0 aromatic carbocycles. The lowest BCUT2D eigenvalue weighted by Crippen LogP contribution is -2.34. The lowest BCUT2D eigenvalue weighted by Gasteiger charge is -2.26. The molecule has 116 valence electrons. The zero-order valence-corrected chi connectivity index (χ0v) is 14.2. The maximum Gasteiger partial charge on any atom is 0.291 e. The fourth-order valence-electron chi connectivity index (χ4n) is 3.45. The van der Waals surface area contributed by atoms with Gasteiger partial charge in [-0.25, -0.2) is 4.68 Å². The first-order chi connectivity index (χ1) is 10.1. The molecule has 5 heteroatoms. The fourth-order valence-corrected chi connectivity index (χ4v) is 3.83. The number of nitrogens with one attached hydrogen (secondary N) is 1. The summed E-state index contributed by atoms with van der Waals surface area (Å²) in [6, 6.07) is 0.344. The molecule has 0 radical (unpaired) electrons. The molecule has 1 N–H and O–H groups in total. The molecule has 2 saturated carbocycles. The van der Waals surface area contributed by atoms with E-state index < -0.39 is 0 Å². The van der Waals surface area contributed by atoms with Crippen LogP contribution in [0.3, 0.4) is 0 Å². The third-order valence-corrected chi connectivity index (χ3v) is 5.73. The van der Waals surface area contributed by atoms with Gasteiger partial charge in [0.15, 0.2) is 0 Å². The zero-order chi connectivity index (χ0) is 14.8. The Balaban J connectivity index is 1.76. The summed E-state index contributed by atoms with van der Waals surface area (Å²) in [5, 5.41) is 7.73. The molecule has 1 heterocycles. The molecule has 21 heavy (non-hydrogen) atoms. The summed E-state index contributed by atoms with van der Waals surface area (Å²) in [6.45, 7) is 2.96. The van der Waals surface area contributed by atoms with Crippen molar-refractivity contribution in [3.63, 3.8) is 0 Å². The van der Waals surface area contributed by atoms with Crippen LogP contribution in [0, 0.1) is 11.8 Å². The van der Waals surface area contributed by atoms with Crippen LogP contribution < -0.4 is 10.9 Å². The van der Waals surface area contributed by atoms with Crippen LogP contribution in [0.15, 0.2) is 15.5 Å². The summed E-state index contributed by atoms with van der Waals surface area (Å²) in [5.74, 6) is 1.32. The Morgan fingerprint density at radius 1 is 1.33 bits per heavy atom. The highest BCUT2D eigenvalue weighted by Gasteiger charge is 2.24. The Morgan fingerprint density at radius 2 is 2.05 bits per heavy atom. The number of aromatic nitrogens is 2. The minimum atomic E-state index is 0.0149. The van der Waals surface area contributed by atoms with Crippen LogP contribution in [0.5, 0.6) is 0 Å². The van der Waals surface area contributed by atoms with Crippen LogP contribution >= 0.6 is 15.9 Å². The van der Waals surface area contributed by atoms with E-state index in [2.05, 4.69) is 33.3 Å². The molecule has 3 rings (SSSR count). The average Bonchev–Trinajstić information content (AvgIpc) is 2.94. The van der Waals surface area contributed by atoms with Crippen molar-refractivity contribution in [2.24, 2.45) is 11.8 Å². The largest absolute Gasteiger partial charge is 0.377 e. The van der Waals surface area contributed by atoms with Crippen molar-refractivity contribution in [2.75, 3.05) is 5.32 Å². The second kappa shape index (κ2) is 6.51. The van der Waals surface area contributed by atoms with Gasteiger partial charge < -0.3 is 5.32 Å². The van der Waals surface area contributed by atoms with Crippen molar-refractivity contribution >= 4 is 21.6 Å². The molecule has 1 atom stereocenters. The van der Waals surface area contributed by atoms with Gasteiger partial charge in [0, 0.05) is 12.6 Å². The Morgan fingerprint density at radius 3 is 2.67 bits per heavy atom. The molecule has 1 aromatic rings. The van der Waals surface area contributed by atoms with Gasteiger partial charge in [-0.2, -0.15) is 5.10 Å². The summed E-state index contributed by atoms with van der Waals surface area (Å²) < 4.78 is 2.42. The SMILES string of the molecule is CC(Nc1c(Br)cnn(CC2CCC2)c1=O)C1CCCC1. The van der Waals surface area contributed by atoms with Gasteiger partial charge in [-0.3, -0.25) is 4.79 Å². The van der Waals surface area contributed by atoms with E-state index in [1.807, 2.05) is 0 Å². The van der Waals surface area contributed by atoms with Crippen molar-refractivity contribution < 1.29 is 0 Å². The summed E-state index contributed by atoms with van der Waals surface area (Å²) in [5.41, 5.74) is 0.699. The Kier molecular flexibility index (Phi) is 4.67. The first-order valence-electron chi connectivity index (χ1n) is 8.17. The van der Waals surface area contributed by atoms with Gasteiger partial charge in [-0.05, 0) is 60.4 Å². The first-order valence-corrected chi connectivity index (χ1v) is 8.96. The summed E-state index contributed by atoms with van der Waals surface area (Å²) >= 11 is 3.48. The fraction of sp³-hybridized carbons (Fsp3) is 0.750. The summed E-state index contributed by atoms with van der Waals surface area (Å²) in [7, 11) is 0. The molecule has 4 nitrogen and oxygen atoms in total. The standard InChI is InChI=1S/C16H24BrN3O/c1-11(13-7-2-3-8-13)19-15-14(17)9-18-20(16(15)21)10-12-5-4-6-12/h9,11-13,19H,2-8,10H2,1H3. The Bertz CT molecular complexity index is 547. The quantitative estimate of drug-likeness (QED) is 0.875. The van der Waals surface area contributed by atoms with E-state index in [9.17, 15) is 4.79 Å². The second-order valence-electron chi connectivity index (χ2n) is 6.63. The zero-order valence-electron chi connectivity index (χ0n) is 12.6. The van der Waals surface area contributed by atoms with Gasteiger partial charge in [0.25, 0.3) is 5.56 Å². The molecular formula is C16H24BrN3O. The predicted molar refractivity (Wildman–Crippen MR) is 88.6 cm³/mol. The number of anilines is 1. The molecule has 0 bridgehead atoms. The van der Waals surface area contributed by atoms with Crippen molar-refractivity contribution in [1.29, 1.82) is 0 Å². The van der Waals surface area contributed by atoms with Crippen LogP contribution in [-0.4, -0.2) is 15.8 Å². The number of hydrogen-bond acceptors (Lipinski definition) is 3. The van der Waals surface area contributed by atoms with Crippen LogP contribution in [0.4, 0.5) is 5.69 Å². The van der Waals surface area contributed by atoms with Gasteiger partial charge in [0.2, 0.25) is 0 Å². The second-order valence-corrected chi connectivity index (χ2v) is 7.48. The highest BCUT2D eigenvalue weighted by atomic mass is 79.9. The summed E-state index contributed by atoms with van der Waals surface area (Å²) in [4.78, 5) is 12.6. The molecule has 1 aromatic heterocycles. The van der Waals surface area contributed by atoms with Crippen molar-refractivity contribution in [1.82, 2.24) is 9.78 Å². The Labute approximate surface area is 134 Å². The molecule has 0 amide bonds. The van der Waals surface area contributed by atoms with E-state index in [4.69, 9.17) is 0 Å². The Hall–Kier alpha value is -0.840. The van der Waals surface area contributed by atoms with Crippen LogP contribution in [0.25, 0.3) is 0 Å². The van der Waals surface area contributed by atoms with E-state index in [-0.39, 0.29) is 5.56 Å². The number of nitrogens with zero attached hydrogens (tertiary/aromatic N) is 2. The predicted octanol–water partition coefficient (Wildman–Crippen LogP) is 3.80. The van der Waals surface area contributed by atoms with Crippen molar-refractivity contribution in [3.05, 3.63) is 21.0 Å². The average molecular weight is 354 g/mol.